The van der Waals surface area contributed by atoms with Crippen molar-refractivity contribution < 1.29 is 4.79 Å². The molecule has 1 aliphatic rings. The number of hydrogen-bond acceptors (Lipinski definition) is 3. The van der Waals surface area contributed by atoms with Crippen molar-refractivity contribution in [2.75, 3.05) is 6.54 Å². The van der Waals surface area contributed by atoms with Crippen molar-refractivity contribution in [3.05, 3.63) is 11.8 Å². The summed E-state index contributed by atoms with van der Waals surface area (Å²) in [6.07, 6.45) is 9.58. The molecule has 100 valence electrons. The number of unbranched alkanes of at least 4 members (excludes halogenated alkanes) is 1. The van der Waals surface area contributed by atoms with Gasteiger partial charge in [-0.25, -0.2) is 0 Å². The molecule has 1 amide bonds. The Morgan fingerprint density at radius 1 is 1.39 bits per heavy atom. The van der Waals surface area contributed by atoms with Gasteiger partial charge < -0.3 is 10.6 Å². The van der Waals surface area contributed by atoms with Gasteiger partial charge in [-0.05, 0) is 19.3 Å². The SMILES string of the molecule is CCCCNC(=O)/C(C#N)=C\NC1CCCCC1. The second-order valence-electron chi connectivity index (χ2n) is 4.78. The van der Waals surface area contributed by atoms with Gasteiger partial charge in [0, 0.05) is 18.8 Å². The fourth-order valence-corrected chi connectivity index (χ4v) is 2.09. The summed E-state index contributed by atoms with van der Waals surface area (Å²) in [6, 6.07) is 2.38. The molecule has 0 saturated heterocycles. The number of hydrogen-bond donors (Lipinski definition) is 2. The van der Waals surface area contributed by atoms with Crippen LogP contribution in [0.5, 0.6) is 0 Å². The first kappa shape index (κ1) is 14.6. The summed E-state index contributed by atoms with van der Waals surface area (Å²) in [6.45, 7) is 2.70. The van der Waals surface area contributed by atoms with E-state index < -0.39 is 0 Å². The van der Waals surface area contributed by atoms with Crippen molar-refractivity contribution in [3.63, 3.8) is 0 Å². The predicted octanol–water partition coefficient (Wildman–Crippen LogP) is 2.23. The van der Waals surface area contributed by atoms with E-state index in [1.807, 2.05) is 6.07 Å². The molecule has 0 aromatic carbocycles. The molecular formula is C14H23N3O. The molecule has 1 aliphatic carbocycles. The van der Waals surface area contributed by atoms with Crippen molar-refractivity contribution in [3.8, 4) is 6.07 Å². The highest BCUT2D eigenvalue weighted by Gasteiger charge is 2.13. The highest BCUT2D eigenvalue weighted by atomic mass is 16.1. The normalized spacial score (nSPS) is 17.0. The molecule has 4 nitrogen and oxygen atoms in total. The molecule has 1 rings (SSSR count). The summed E-state index contributed by atoms with van der Waals surface area (Å²) in [5, 5.41) is 14.9. The zero-order valence-electron chi connectivity index (χ0n) is 11.2. The Morgan fingerprint density at radius 3 is 2.72 bits per heavy atom. The smallest absolute Gasteiger partial charge is 0.263 e. The van der Waals surface area contributed by atoms with Gasteiger partial charge in [0.15, 0.2) is 0 Å². The third-order valence-corrected chi connectivity index (χ3v) is 3.25. The minimum Gasteiger partial charge on any atom is -0.387 e. The molecule has 0 spiro atoms. The highest BCUT2D eigenvalue weighted by Crippen LogP contribution is 2.17. The summed E-state index contributed by atoms with van der Waals surface area (Å²) < 4.78 is 0. The first-order chi connectivity index (χ1) is 8.77. The maximum atomic E-state index is 11.7. The molecule has 0 unspecified atom stereocenters. The van der Waals surface area contributed by atoms with Gasteiger partial charge in [0.1, 0.15) is 11.6 Å². The number of rotatable bonds is 6. The van der Waals surface area contributed by atoms with E-state index in [1.165, 1.54) is 19.3 Å². The minimum absolute atomic E-state index is 0.177. The molecule has 0 atom stereocenters. The van der Waals surface area contributed by atoms with Crippen LogP contribution in [0.1, 0.15) is 51.9 Å². The van der Waals surface area contributed by atoms with Crippen LogP contribution in [-0.4, -0.2) is 18.5 Å². The summed E-state index contributed by atoms with van der Waals surface area (Å²) in [7, 11) is 0. The van der Waals surface area contributed by atoms with Crippen LogP contribution in [-0.2, 0) is 4.79 Å². The van der Waals surface area contributed by atoms with Crippen LogP contribution in [0.2, 0.25) is 0 Å². The second-order valence-corrected chi connectivity index (χ2v) is 4.78. The average Bonchev–Trinajstić information content (AvgIpc) is 2.41. The lowest BCUT2D eigenvalue weighted by atomic mass is 9.96. The molecule has 0 heterocycles. The predicted molar refractivity (Wildman–Crippen MR) is 71.6 cm³/mol. The van der Waals surface area contributed by atoms with E-state index in [0.29, 0.717) is 12.6 Å². The number of amides is 1. The van der Waals surface area contributed by atoms with Gasteiger partial charge >= 0.3 is 0 Å². The summed E-state index contributed by atoms with van der Waals surface area (Å²) in [5.41, 5.74) is 0.177. The lowest BCUT2D eigenvalue weighted by Gasteiger charge is -2.21. The van der Waals surface area contributed by atoms with Crippen molar-refractivity contribution in [2.45, 2.75) is 57.9 Å². The molecule has 18 heavy (non-hydrogen) atoms. The number of carbonyl (C=O) groups excluding carboxylic acids is 1. The van der Waals surface area contributed by atoms with Gasteiger partial charge in [-0.15, -0.1) is 0 Å². The Bertz CT molecular complexity index is 324. The lowest BCUT2D eigenvalue weighted by Crippen LogP contribution is -2.30. The number of nitrogens with zero attached hydrogens (tertiary/aromatic N) is 1. The van der Waals surface area contributed by atoms with Gasteiger partial charge in [-0.1, -0.05) is 32.6 Å². The maximum absolute atomic E-state index is 11.7. The highest BCUT2D eigenvalue weighted by molar-refractivity contribution is 5.97. The standard InChI is InChI=1S/C14H23N3O/c1-2-3-9-16-14(18)12(10-15)11-17-13-7-5-4-6-8-13/h11,13,17H,2-9H2,1H3,(H,16,18)/b12-11-. The summed E-state index contributed by atoms with van der Waals surface area (Å²) in [5.74, 6) is -0.269. The minimum atomic E-state index is -0.269. The summed E-state index contributed by atoms with van der Waals surface area (Å²) >= 11 is 0. The molecule has 0 aliphatic heterocycles. The lowest BCUT2D eigenvalue weighted by molar-refractivity contribution is -0.117. The van der Waals surface area contributed by atoms with Crippen LogP contribution in [0.4, 0.5) is 0 Å². The van der Waals surface area contributed by atoms with Crippen LogP contribution < -0.4 is 10.6 Å². The molecule has 4 heteroatoms. The Kier molecular flexibility index (Phi) is 6.93. The van der Waals surface area contributed by atoms with Crippen LogP contribution >= 0.6 is 0 Å². The van der Waals surface area contributed by atoms with Crippen LogP contribution in [0, 0.1) is 11.3 Å². The van der Waals surface area contributed by atoms with Crippen LogP contribution in [0.3, 0.4) is 0 Å². The van der Waals surface area contributed by atoms with E-state index >= 15 is 0 Å². The van der Waals surface area contributed by atoms with E-state index in [4.69, 9.17) is 5.26 Å². The molecule has 2 N–H and O–H groups in total. The molecule has 0 aromatic heterocycles. The summed E-state index contributed by atoms with van der Waals surface area (Å²) in [4.78, 5) is 11.7. The Balaban J connectivity index is 2.38. The molecular weight excluding hydrogens is 226 g/mol. The quantitative estimate of drug-likeness (QED) is 0.431. The average molecular weight is 249 g/mol. The number of nitriles is 1. The number of carbonyl (C=O) groups is 1. The van der Waals surface area contributed by atoms with E-state index in [9.17, 15) is 4.79 Å². The van der Waals surface area contributed by atoms with E-state index in [1.54, 1.807) is 6.20 Å². The van der Waals surface area contributed by atoms with Crippen molar-refractivity contribution >= 4 is 5.91 Å². The Hall–Kier alpha value is -1.50. The van der Waals surface area contributed by atoms with Crippen molar-refractivity contribution in [1.82, 2.24) is 10.6 Å². The van der Waals surface area contributed by atoms with E-state index in [-0.39, 0.29) is 11.5 Å². The third kappa shape index (κ3) is 5.22. The molecule has 1 fully saturated rings. The van der Waals surface area contributed by atoms with Gasteiger partial charge in [0.05, 0.1) is 0 Å². The van der Waals surface area contributed by atoms with E-state index in [2.05, 4.69) is 17.6 Å². The van der Waals surface area contributed by atoms with Gasteiger partial charge in [-0.2, -0.15) is 5.26 Å². The molecule has 0 radical (unpaired) electrons. The third-order valence-electron chi connectivity index (χ3n) is 3.25. The zero-order valence-corrected chi connectivity index (χ0v) is 11.2. The first-order valence-electron chi connectivity index (χ1n) is 6.92. The monoisotopic (exact) mass is 249 g/mol. The fraction of sp³-hybridized carbons (Fsp3) is 0.714. The van der Waals surface area contributed by atoms with Crippen molar-refractivity contribution in [2.24, 2.45) is 0 Å². The van der Waals surface area contributed by atoms with Gasteiger partial charge in [0.25, 0.3) is 5.91 Å². The van der Waals surface area contributed by atoms with Gasteiger partial charge in [0.2, 0.25) is 0 Å². The van der Waals surface area contributed by atoms with Crippen LogP contribution in [0.25, 0.3) is 0 Å². The Labute approximate surface area is 109 Å². The van der Waals surface area contributed by atoms with Crippen molar-refractivity contribution in [1.29, 1.82) is 5.26 Å². The Morgan fingerprint density at radius 2 is 2.11 bits per heavy atom. The fourth-order valence-electron chi connectivity index (χ4n) is 2.09. The van der Waals surface area contributed by atoms with E-state index in [0.717, 1.165) is 25.7 Å². The molecule has 0 bridgehead atoms. The zero-order chi connectivity index (χ0) is 13.2. The number of nitrogens with one attached hydrogen (secondary N) is 2. The molecule has 0 aromatic rings. The van der Waals surface area contributed by atoms with Gasteiger partial charge in [-0.3, -0.25) is 4.79 Å². The first-order valence-corrected chi connectivity index (χ1v) is 6.92. The molecule has 1 saturated carbocycles. The maximum Gasteiger partial charge on any atom is 0.263 e. The second kappa shape index (κ2) is 8.57. The van der Waals surface area contributed by atoms with Crippen LogP contribution in [0.15, 0.2) is 11.8 Å². The topological polar surface area (TPSA) is 64.9 Å². The largest absolute Gasteiger partial charge is 0.387 e.